The van der Waals surface area contributed by atoms with Gasteiger partial charge in [0, 0.05) is 38.9 Å². The molecule has 5 nitrogen and oxygen atoms in total. The summed E-state index contributed by atoms with van der Waals surface area (Å²) in [5.41, 5.74) is 0. The van der Waals surface area contributed by atoms with Crippen molar-refractivity contribution in [3.63, 3.8) is 0 Å². The van der Waals surface area contributed by atoms with Crippen molar-refractivity contribution in [2.24, 2.45) is 5.92 Å². The van der Waals surface area contributed by atoms with E-state index in [0.717, 1.165) is 44.5 Å². The van der Waals surface area contributed by atoms with Gasteiger partial charge in [0.05, 0.1) is 12.7 Å². The van der Waals surface area contributed by atoms with Crippen molar-refractivity contribution in [3.05, 3.63) is 18.3 Å². The summed E-state index contributed by atoms with van der Waals surface area (Å²) in [5, 5.41) is 8.19. The van der Waals surface area contributed by atoms with Gasteiger partial charge < -0.3 is 9.64 Å². The molecule has 5 heteroatoms. The molecule has 1 saturated carbocycles. The molecule has 1 aliphatic carbocycles. The average Bonchev–Trinajstić information content (AvgIpc) is 2.50. The van der Waals surface area contributed by atoms with Crippen LogP contribution >= 0.6 is 0 Å². The molecular formula is C16H26N4O. The summed E-state index contributed by atoms with van der Waals surface area (Å²) in [5.74, 6) is 1.88. The molecule has 2 aliphatic rings. The maximum Gasteiger partial charge on any atom is 0.151 e. The molecule has 1 aromatic rings. The van der Waals surface area contributed by atoms with Gasteiger partial charge in [-0.05, 0) is 37.8 Å². The molecule has 0 unspecified atom stereocenters. The van der Waals surface area contributed by atoms with E-state index in [1.54, 1.807) is 6.20 Å². The van der Waals surface area contributed by atoms with Crippen LogP contribution in [0.1, 0.15) is 26.2 Å². The van der Waals surface area contributed by atoms with Crippen LogP contribution in [0.15, 0.2) is 18.3 Å². The maximum atomic E-state index is 5.96. The molecule has 0 aromatic carbocycles. The first kappa shape index (κ1) is 14.7. The van der Waals surface area contributed by atoms with Crippen molar-refractivity contribution < 1.29 is 4.74 Å². The molecule has 3 rings (SSSR count). The quantitative estimate of drug-likeness (QED) is 0.799. The molecule has 0 amide bonds. The summed E-state index contributed by atoms with van der Waals surface area (Å²) in [6, 6.07) is 3.96. The highest BCUT2D eigenvalue weighted by atomic mass is 16.5. The predicted molar refractivity (Wildman–Crippen MR) is 83.4 cm³/mol. The van der Waals surface area contributed by atoms with E-state index in [-0.39, 0.29) is 6.10 Å². The highest BCUT2D eigenvalue weighted by Crippen LogP contribution is 2.27. The van der Waals surface area contributed by atoms with Crippen LogP contribution in [0.2, 0.25) is 0 Å². The number of nitrogens with zero attached hydrogens (tertiary/aromatic N) is 4. The van der Waals surface area contributed by atoms with Crippen LogP contribution in [0, 0.1) is 5.92 Å². The van der Waals surface area contributed by atoms with Gasteiger partial charge in [0.15, 0.2) is 5.82 Å². The Bertz CT molecular complexity index is 424. The van der Waals surface area contributed by atoms with Crippen LogP contribution in [0.25, 0.3) is 0 Å². The lowest BCUT2D eigenvalue weighted by Gasteiger charge is -2.39. The number of morpholine rings is 1. The second kappa shape index (κ2) is 7.18. The van der Waals surface area contributed by atoms with Gasteiger partial charge in [-0.3, -0.25) is 4.90 Å². The van der Waals surface area contributed by atoms with E-state index in [1.165, 1.54) is 25.8 Å². The minimum Gasteiger partial charge on any atom is -0.374 e. The fourth-order valence-corrected chi connectivity index (χ4v) is 3.19. The maximum absolute atomic E-state index is 5.96. The Labute approximate surface area is 127 Å². The zero-order valence-electron chi connectivity index (χ0n) is 12.9. The van der Waals surface area contributed by atoms with Crippen LogP contribution in [0.5, 0.6) is 0 Å². The standard InChI is InChI=1S/C16H26N4O/c1-2-20(16-7-4-8-17-18-16)13-15-12-19(9-10-21-15)11-14-5-3-6-14/h4,7-8,14-15H,2-3,5-6,9-13H2,1H3/t15-/m1/s1. The van der Waals surface area contributed by atoms with Gasteiger partial charge in [-0.15, -0.1) is 5.10 Å². The largest absolute Gasteiger partial charge is 0.374 e. The van der Waals surface area contributed by atoms with Crippen LogP contribution < -0.4 is 4.90 Å². The molecule has 1 atom stereocenters. The average molecular weight is 290 g/mol. The minimum atomic E-state index is 0.279. The summed E-state index contributed by atoms with van der Waals surface area (Å²) < 4.78 is 5.96. The lowest BCUT2D eigenvalue weighted by molar-refractivity contribution is -0.0322. The SMILES string of the molecule is CCN(C[C@H]1CN(CC2CCC2)CCO1)c1cccnn1. The fourth-order valence-electron chi connectivity index (χ4n) is 3.19. The number of anilines is 1. The highest BCUT2D eigenvalue weighted by molar-refractivity contribution is 5.36. The van der Waals surface area contributed by atoms with E-state index in [4.69, 9.17) is 4.74 Å². The first-order chi connectivity index (χ1) is 10.3. The third-order valence-electron chi connectivity index (χ3n) is 4.65. The van der Waals surface area contributed by atoms with E-state index in [9.17, 15) is 0 Å². The number of ether oxygens (including phenoxy) is 1. The third kappa shape index (κ3) is 3.92. The summed E-state index contributed by atoms with van der Waals surface area (Å²) >= 11 is 0. The van der Waals surface area contributed by atoms with Gasteiger partial charge in [-0.2, -0.15) is 5.10 Å². The number of likely N-dealkylation sites (N-methyl/N-ethyl adjacent to an activating group) is 1. The molecule has 2 heterocycles. The van der Waals surface area contributed by atoms with Crippen LogP contribution in [-0.4, -0.2) is 60.5 Å². The second-order valence-corrected chi connectivity index (χ2v) is 6.17. The van der Waals surface area contributed by atoms with Gasteiger partial charge in [0.25, 0.3) is 0 Å². The Balaban J connectivity index is 1.53. The van der Waals surface area contributed by atoms with Gasteiger partial charge in [0.1, 0.15) is 0 Å². The normalized spacial score (nSPS) is 23.8. The molecule has 0 bridgehead atoms. The molecule has 0 spiro atoms. The van der Waals surface area contributed by atoms with Crippen LogP contribution in [0.4, 0.5) is 5.82 Å². The summed E-state index contributed by atoms with van der Waals surface area (Å²) in [6.07, 6.45) is 6.26. The van der Waals surface area contributed by atoms with Crippen molar-refractivity contribution in [2.75, 3.05) is 44.2 Å². The third-order valence-corrected chi connectivity index (χ3v) is 4.65. The van der Waals surface area contributed by atoms with Gasteiger partial charge in [-0.1, -0.05) is 6.42 Å². The fraction of sp³-hybridized carbons (Fsp3) is 0.750. The Morgan fingerprint density at radius 3 is 3.00 bits per heavy atom. The Morgan fingerprint density at radius 1 is 1.43 bits per heavy atom. The van der Waals surface area contributed by atoms with Crippen molar-refractivity contribution in [2.45, 2.75) is 32.3 Å². The summed E-state index contributed by atoms with van der Waals surface area (Å²) in [6.45, 7) is 8.24. The smallest absolute Gasteiger partial charge is 0.151 e. The van der Waals surface area contributed by atoms with Crippen LogP contribution in [-0.2, 0) is 4.74 Å². The predicted octanol–water partition coefficient (Wildman–Crippen LogP) is 1.80. The molecule has 21 heavy (non-hydrogen) atoms. The molecule has 1 saturated heterocycles. The van der Waals surface area contributed by atoms with E-state index in [2.05, 4.69) is 26.9 Å². The molecule has 0 radical (unpaired) electrons. The van der Waals surface area contributed by atoms with Gasteiger partial charge in [0.2, 0.25) is 0 Å². The molecule has 116 valence electrons. The highest BCUT2D eigenvalue weighted by Gasteiger charge is 2.26. The van der Waals surface area contributed by atoms with E-state index >= 15 is 0 Å². The Hall–Kier alpha value is -1.20. The molecular weight excluding hydrogens is 264 g/mol. The molecule has 0 N–H and O–H groups in total. The van der Waals surface area contributed by atoms with Crippen LogP contribution in [0.3, 0.4) is 0 Å². The van der Waals surface area contributed by atoms with Crippen molar-refractivity contribution in [3.8, 4) is 0 Å². The number of hydrogen-bond donors (Lipinski definition) is 0. The zero-order chi connectivity index (χ0) is 14.5. The van der Waals surface area contributed by atoms with Gasteiger partial charge >= 0.3 is 0 Å². The lowest BCUT2D eigenvalue weighted by atomic mass is 9.85. The van der Waals surface area contributed by atoms with E-state index in [0.29, 0.717) is 0 Å². The van der Waals surface area contributed by atoms with Crippen molar-refractivity contribution in [1.82, 2.24) is 15.1 Å². The van der Waals surface area contributed by atoms with Crippen molar-refractivity contribution >= 4 is 5.82 Å². The van der Waals surface area contributed by atoms with Crippen molar-refractivity contribution in [1.29, 1.82) is 0 Å². The second-order valence-electron chi connectivity index (χ2n) is 6.17. The Kier molecular flexibility index (Phi) is 5.04. The topological polar surface area (TPSA) is 41.5 Å². The monoisotopic (exact) mass is 290 g/mol. The summed E-state index contributed by atoms with van der Waals surface area (Å²) in [4.78, 5) is 4.84. The first-order valence-corrected chi connectivity index (χ1v) is 8.21. The minimum absolute atomic E-state index is 0.279. The Morgan fingerprint density at radius 2 is 2.33 bits per heavy atom. The zero-order valence-corrected chi connectivity index (χ0v) is 12.9. The van der Waals surface area contributed by atoms with Gasteiger partial charge in [-0.25, -0.2) is 0 Å². The number of hydrogen-bond acceptors (Lipinski definition) is 5. The molecule has 2 fully saturated rings. The van der Waals surface area contributed by atoms with E-state index in [1.807, 2.05) is 12.1 Å². The molecule has 1 aliphatic heterocycles. The first-order valence-electron chi connectivity index (χ1n) is 8.21. The number of aromatic nitrogens is 2. The van der Waals surface area contributed by atoms with E-state index < -0.39 is 0 Å². The molecule has 1 aromatic heterocycles. The summed E-state index contributed by atoms with van der Waals surface area (Å²) in [7, 11) is 0. The number of rotatable bonds is 6. The lowest BCUT2D eigenvalue weighted by Crippen LogP contribution is -2.49.